The molecule has 2 rings (SSSR count). The van der Waals surface area contributed by atoms with Crippen molar-refractivity contribution in [1.29, 1.82) is 0 Å². The Hall–Kier alpha value is -1.96. The quantitative estimate of drug-likeness (QED) is 0.762. The largest absolute Gasteiger partial charge is 0.464 e. The molecule has 2 aromatic heterocycles. The van der Waals surface area contributed by atoms with Gasteiger partial charge in [0.15, 0.2) is 5.69 Å². The van der Waals surface area contributed by atoms with E-state index < -0.39 is 5.97 Å². The normalized spacial score (nSPS) is 10.4. The van der Waals surface area contributed by atoms with E-state index in [1.165, 1.54) is 29.5 Å². The molecule has 0 bridgehead atoms. The molecule has 0 saturated heterocycles. The van der Waals surface area contributed by atoms with Gasteiger partial charge in [-0.25, -0.2) is 14.8 Å². The Labute approximate surface area is 95.1 Å². The van der Waals surface area contributed by atoms with Crippen molar-refractivity contribution in [2.45, 2.75) is 6.92 Å². The number of nitrogens with two attached hydrogens (primary N) is 1. The van der Waals surface area contributed by atoms with Crippen molar-refractivity contribution in [1.82, 2.24) is 18.9 Å². The number of imidazole rings is 1. The molecule has 16 heavy (non-hydrogen) atoms. The van der Waals surface area contributed by atoms with Crippen LogP contribution >= 0.6 is 11.5 Å². The van der Waals surface area contributed by atoms with Crippen LogP contribution in [0.4, 0.5) is 5.82 Å². The molecule has 0 unspecified atom stereocenters. The summed E-state index contributed by atoms with van der Waals surface area (Å²) in [5.74, 6) is 0.271. The summed E-state index contributed by atoms with van der Waals surface area (Å²) in [6, 6.07) is 0. The molecule has 0 atom stereocenters. The Kier molecular flexibility index (Phi) is 2.57. The van der Waals surface area contributed by atoms with Crippen LogP contribution in [0.5, 0.6) is 0 Å². The minimum Gasteiger partial charge on any atom is -0.464 e. The number of ether oxygens (including phenoxy) is 1. The van der Waals surface area contributed by atoms with E-state index in [1.54, 1.807) is 6.92 Å². The molecule has 2 aromatic rings. The second kappa shape index (κ2) is 3.89. The molecule has 0 fully saturated rings. The fraction of sp³-hybridized carbons (Fsp3) is 0.250. The van der Waals surface area contributed by atoms with Gasteiger partial charge in [0, 0.05) is 11.5 Å². The monoisotopic (exact) mass is 239 g/mol. The number of aryl methyl sites for hydroxylation is 1. The fourth-order valence-electron chi connectivity index (χ4n) is 1.15. The number of carbonyl (C=O) groups excluding carboxylic acids is 1. The zero-order valence-corrected chi connectivity index (χ0v) is 9.48. The molecule has 7 nitrogen and oxygen atoms in total. The number of nitrogen functional groups attached to an aromatic ring is 1. The highest BCUT2D eigenvalue weighted by atomic mass is 32.1. The number of nitrogens with zero attached hydrogens (tertiary/aromatic N) is 4. The molecule has 0 radical (unpaired) electrons. The van der Waals surface area contributed by atoms with Gasteiger partial charge in [0.25, 0.3) is 0 Å². The predicted molar refractivity (Wildman–Crippen MR) is 57.5 cm³/mol. The third kappa shape index (κ3) is 1.63. The molecule has 0 aromatic carbocycles. The number of aromatic nitrogens is 4. The maximum absolute atomic E-state index is 11.3. The Morgan fingerprint density at radius 2 is 2.38 bits per heavy atom. The van der Waals surface area contributed by atoms with Crippen LogP contribution in [0, 0.1) is 6.92 Å². The number of methoxy groups -OCH3 is 1. The smallest absolute Gasteiger partial charge is 0.360 e. The van der Waals surface area contributed by atoms with Gasteiger partial charge in [0.1, 0.15) is 18.0 Å². The first-order valence-corrected chi connectivity index (χ1v) is 5.12. The highest BCUT2D eigenvalue weighted by Gasteiger charge is 2.18. The Bertz CT molecular complexity index is 532. The van der Waals surface area contributed by atoms with Gasteiger partial charge in [-0.3, -0.25) is 4.57 Å². The minimum absolute atomic E-state index is 0.0790. The standard InChI is InChI=1S/C8H9N5O2S/c1-4-11-8(16-12-4)13-3-10-5(6(13)9)7(14)15-2/h3H,9H2,1-2H3. The Morgan fingerprint density at radius 3 is 2.94 bits per heavy atom. The van der Waals surface area contributed by atoms with Gasteiger partial charge in [-0.1, -0.05) is 0 Å². The SMILES string of the molecule is COC(=O)c1ncn(-c2nc(C)ns2)c1N. The van der Waals surface area contributed by atoms with Gasteiger partial charge in [-0.2, -0.15) is 4.37 Å². The van der Waals surface area contributed by atoms with Crippen molar-refractivity contribution in [3.63, 3.8) is 0 Å². The molecule has 0 saturated carbocycles. The predicted octanol–water partition coefficient (Wildman–Crippen LogP) is 0.401. The molecule has 0 spiro atoms. The number of hydrogen-bond acceptors (Lipinski definition) is 7. The third-order valence-electron chi connectivity index (χ3n) is 1.91. The van der Waals surface area contributed by atoms with Gasteiger partial charge >= 0.3 is 5.97 Å². The maximum Gasteiger partial charge on any atom is 0.360 e. The van der Waals surface area contributed by atoms with Gasteiger partial charge < -0.3 is 10.5 Å². The molecule has 0 aliphatic carbocycles. The average Bonchev–Trinajstić information content (AvgIpc) is 2.83. The lowest BCUT2D eigenvalue weighted by atomic mass is 10.4. The van der Waals surface area contributed by atoms with E-state index in [0.29, 0.717) is 11.0 Å². The molecular formula is C8H9N5O2S. The van der Waals surface area contributed by atoms with Crippen molar-refractivity contribution in [2.75, 3.05) is 12.8 Å². The summed E-state index contributed by atoms with van der Waals surface area (Å²) in [5.41, 5.74) is 5.84. The molecule has 2 N–H and O–H groups in total. The molecule has 0 amide bonds. The van der Waals surface area contributed by atoms with Crippen LogP contribution in [0.1, 0.15) is 16.3 Å². The summed E-state index contributed by atoms with van der Waals surface area (Å²) in [7, 11) is 1.27. The highest BCUT2D eigenvalue weighted by Crippen LogP contribution is 2.18. The number of esters is 1. The third-order valence-corrected chi connectivity index (χ3v) is 2.71. The zero-order valence-electron chi connectivity index (χ0n) is 8.67. The fourth-order valence-corrected chi connectivity index (χ4v) is 1.81. The van der Waals surface area contributed by atoms with Crippen molar-refractivity contribution in [3.05, 3.63) is 17.8 Å². The van der Waals surface area contributed by atoms with Gasteiger partial charge in [-0.05, 0) is 6.92 Å². The second-order valence-electron chi connectivity index (χ2n) is 2.96. The summed E-state index contributed by atoms with van der Waals surface area (Å²) in [4.78, 5) is 19.3. The Morgan fingerprint density at radius 1 is 1.62 bits per heavy atom. The van der Waals surface area contributed by atoms with Crippen LogP contribution in [0.25, 0.3) is 5.13 Å². The van der Waals surface area contributed by atoms with E-state index >= 15 is 0 Å². The molecule has 0 aliphatic heterocycles. The van der Waals surface area contributed by atoms with Crippen LogP contribution in [0.2, 0.25) is 0 Å². The van der Waals surface area contributed by atoms with E-state index in [4.69, 9.17) is 5.73 Å². The summed E-state index contributed by atoms with van der Waals surface area (Å²) in [6.45, 7) is 1.77. The first kappa shape index (κ1) is 10.6. The summed E-state index contributed by atoms with van der Waals surface area (Å²) >= 11 is 1.18. The van der Waals surface area contributed by atoms with Gasteiger partial charge in [0.2, 0.25) is 5.13 Å². The maximum atomic E-state index is 11.3. The number of rotatable bonds is 2. The lowest BCUT2D eigenvalue weighted by molar-refractivity contribution is 0.0596. The van der Waals surface area contributed by atoms with E-state index in [-0.39, 0.29) is 11.5 Å². The van der Waals surface area contributed by atoms with Crippen LogP contribution in [0.3, 0.4) is 0 Å². The zero-order chi connectivity index (χ0) is 11.7. The number of anilines is 1. The van der Waals surface area contributed by atoms with Crippen molar-refractivity contribution < 1.29 is 9.53 Å². The van der Waals surface area contributed by atoms with Gasteiger partial charge in [0.05, 0.1) is 7.11 Å². The second-order valence-corrected chi connectivity index (χ2v) is 3.69. The van der Waals surface area contributed by atoms with Crippen LogP contribution in [0.15, 0.2) is 6.33 Å². The van der Waals surface area contributed by atoms with Crippen molar-refractivity contribution in [2.24, 2.45) is 0 Å². The molecule has 84 valence electrons. The lowest BCUT2D eigenvalue weighted by Crippen LogP contribution is -2.07. The summed E-state index contributed by atoms with van der Waals surface area (Å²) in [6.07, 6.45) is 1.42. The molecular weight excluding hydrogens is 230 g/mol. The minimum atomic E-state index is -0.572. The van der Waals surface area contributed by atoms with Crippen LogP contribution < -0.4 is 5.73 Å². The lowest BCUT2D eigenvalue weighted by Gasteiger charge is -1.99. The summed E-state index contributed by atoms with van der Waals surface area (Å²) < 4.78 is 10.1. The van der Waals surface area contributed by atoms with Crippen LogP contribution in [-0.2, 0) is 4.74 Å². The molecule has 2 heterocycles. The van der Waals surface area contributed by atoms with Crippen LogP contribution in [-0.4, -0.2) is 32.0 Å². The van der Waals surface area contributed by atoms with Crippen molar-refractivity contribution >= 4 is 23.3 Å². The highest BCUT2D eigenvalue weighted by molar-refractivity contribution is 7.08. The van der Waals surface area contributed by atoms with E-state index in [2.05, 4.69) is 19.1 Å². The number of hydrogen-bond donors (Lipinski definition) is 1. The Balaban J connectivity index is 2.44. The first-order chi connectivity index (χ1) is 7.63. The van der Waals surface area contributed by atoms with Crippen molar-refractivity contribution in [3.8, 4) is 5.13 Å². The first-order valence-electron chi connectivity index (χ1n) is 4.35. The number of carbonyl (C=O) groups is 1. The average molecular weight is 239 g/mol. The van der Waals surface area contributed by atoms with Gasteiger partial charge in [-0.15, -0.1) is 0 Å². The van der Waals surface area contributed by atoms with E-state index in [9.17, 15) is 4.79 Å². The summed E-state index contributed by atoms with van der Waals surface area (Å²) in [5, 5.41) is 0.567. The van der Waals surface area contributed by atoms with E-state index in [1.807, 2.05) is 0 Å². The topological polar surface area (TPSA) is 95.9 Å². The van der Waals surface area contributed by atoms with E-state index in [0.717, 1.165) is 0 Å². The molecule has 8 heteroatoms. The molecule has 0 aliphatic rings.